The third-order valence-electron chi connectivity index (χ3n) is 4.40. The second-order valence-electron chi connectivity index (χ2n) is 6.46. The standard InChI is InChI=1S/C20H22BrClN4OS2/c1-4-8-26-19(15-10-28-12(3)14(15)5-2)24-25-20(26)29-11-18(27)23-17-7-6-13(21)9-16(17)22/h6-7,9-10H,4-5,8,11H2,1-3H3,(H,23,27). The van der Waals surface area contributed by atoms with E-state index in [-0.39, 0.29) is 11.7 Å². The summed E-state index contributed by atoms with van der Waals surface area (Å²) in [4.78, 5) is 13.7. The van der Waals surface area contributed by atoms with Crippen molar-refractivity contribution in [2.45, 2.75) is 45.3 Å². The summed E-state index contributed by atoms with van der Waals surface area (Å²) in [5.41, 5.74) is 3.06. The van der Waals surface area contributed by atoms with Crippen LogP contribution in [-0.2, 0) is 17.8 Å². The SMILES string of the molecule is CCCn1c(SCC(=O)Nc2ccc(Br)cc2Cl)nnc1-c1csc(C)c1CC. The van der Waals surface area contributed by atoms with Gasteiger partial charge in [-0.05, 0) is 43.5 Å². The maximum Gasteiger partial charge on any atom is 0.234 e. The zero-order valence-corrected chi connectivity index (χ0v) is 20.4. The highest BCUT2D eigenvalue weighted by atomic mass is 79.9. The number of benzene rings is 1. The van der Waals surface area contributed by atoms with Gasteiger partial charge < -0.3 is 9.88 Å². The Bertz CT molecular complexity index is 1020. The highest BCUT2D eigenvalue weighted by Gasteiger charge is 2.19. The number of aromatic nitrogens is 3. The largest absolute Gasteiger partial charge is 0.324 e. The van der Waals surface area contributed by atoms with Crippen LogP contribution in [0, 0.1) is 6.92 Å². The van der Waals surface area contributed by atoms with Gasteiger partial charge in [0.1, 0.15) is 0 Å². The number of nitrogens with zero attached hydrogens (tertiary/aromatic N) is 3. The number of thioether (sulfide) groups is 1. The molecule has 3 rings (SSSR count). The lowest BCUT2D eigenvalue weighted by atomic mass is 10.1. The molecule has 0 unspecified atom stereocenters. The lowest BCUT2D eigenvalue weighted by Crippen LogP contribution is -2.15. The number of hydrogen-bond acceptors (Lipinski definition) is 5. The summed E-state index contributed by atoms with van der Waals surface area (Å²) in [6.07, 6.45) is 1.92. The summed E-state index contributed by atoms with van der Waals surface area (Å²) in [5.74, 6) is 0.983. The second kappa shape index (κ2) is 10.1. The van der Waals surface area contributed by atoms with E-state index >= 15 is 0 Å². The van der Waals surface area contributed by atoms with Crippen LogP contribution in [-0.4, -0.2) is 26.4 Å². The number of nitrogens with one attached hydrogen (secondary N) is 1. The van der Waals surface area contributed by atoms with Crippen molar-refractivity contribution < 1.29 is 4.79 Å². The summed E-state index contributed by atoms with van der Waals surface area (Å²) < 4.78 is 2.98. The molecule has 3 aromatic rings. The van der Waals surface area contributed by atoms with Crippen molar-refractivity contribution in [1.29, 1.82) is 0 Å². The van der Waals surface area contributed by atoms with E-state index in [9.17, 15) is 4.79 Å². The van der Waals surface area contributed by atoms with E-state index in [0.717, 1.165) is 40.4 Å². The van der Waals surface area contributed by atoms with Gasteiger partial charge in [-0.1, -0.05) is 53.1 Å². The molecule has 0 aliphatic heterocycles. The van der Waals surface area contributed by atoms with Gasteiger partial charge in [-0.3, -0.25) is 4.79 Å². The molecule has 0 saturated carbocycles. The molecule has 2 heterocycles. The molecule has 29 heavy (non-hydrogen) atoms. The van der Waals surface area contributed by atoms with Crippen molar-refractivity contribution in [3.8, 4) is 11.4 Å². The van der Waals surface area contributed by atoms with Crippen molar-refractivity contribution in [3.63, 3.8) is 0 Å². The van der Waals surface area contributed by atoms with E-state index in [1.165, 1.54) is 22.2 Å². The van der Waals surface area contributed by atoms with Crippen molar-refractivity contribution >= 4 is 62.2 Å². The quantitative estimate of drug-likeness (QED) is 0.352. The molecule has 2 aromatic heterocycles. The molecule has 0 aliphatic rings. The second-order valence-corrected chi connectivity index (χ2v) is 9.81. The van der Waals surface area contributed by atoms with Crippen LogP contribution in [0.1, 0.15) is 30.7 Å². The summed E-state index contributed by atoms with van der Waals surface area (Å²) in [7, 11) is 0. The number of carbonyl (C=O) groups excluding carboxylic acids is 1. The summed E-state index contributed by atoms with van der Waals surface area (Å²) in [6.45, 7) is 7.23. The zero-order valence-electron chi connectivity index (χ0n) is 16.5. The number of thiophene rings is 1. The van der Waals surface area contributed by atoms with Crippen LogP contribution in [0.3, 0.4) is 0 Å². The molecular weight excluding hydrogens is 492 g/mol. The first kappa shape index (κ1) is 22.3. The topological polar surface area (TPSA) is 59.8 Å². The van der Waals surface area contributed by atoms with Crippen molar-refractivity contribution in [1.82, 2.24) is 14.8 Å². The zero-order chi connectivity index (χ0) is 21.0. The first-order chi connectivity index (χ1) is 13.9. The van der Waals surface area contributed by atoms with E-state index < -0.39 is 0 Å². The number of hydrogen-bond donors (Lipinski definition) is 1. The molecule has 0 aliphatic carbocycles. The minimum atomic E-state index is -0.132. The van der Waals surface area contributed by atoms with Gasteiger partial charge >= 0.3 is 0 Å². The van der Waals surface area contributed by atoms with Gasteiger partial charge in [-0.15, -0.1) is 21.5 Å². The van der Waals surface area contributed by atoms with Gasteiger partial charge in [0.25, 0.3) is 0 Å². The molecule has 9 heteroatoms. The minimum Gasteiger partial charge on any atom is -0.324 e. The van der Waals surface area contributed by atoms with Gasteiger partial charge in [0.15, 0.2) is 11.0 Å². The predicted molar refractivity (Wildman–Crippen MR) is 126 cm³/mol. The van der Waals surface area contributed by atoms with E-state index in [4.69, 9.17) is 11.6 Å². The fourth-order valence-electron chi connectivity index (χ4n) is 3.03. The fourth-order valence-corrected chi connectivity index (χ4v) is 5.46. The smallest absolute Gasteiger partial charge is 0.234 e. The normalized spacial score (nSPS) is 11.1. The monoisotopic (exact) mass is 512 g/mol. The number of carbonyl (C=O) groups is 1. The van der Waals surface area contributed by atoms with E-state index in [0.29, 0.717) is 10.7 Å². The Morgan fingerprint density at radius 2 is 2.14 bits per heavy atom. The van der Waals surface area contributed by atoms with Gasteiger partial charge in [-0.25, -0.2) is 0 Å². The maximum atomic E-state index is 12.4. The average molecular weight is 514 g/mol. The van der Waals surface area contributed by atoms with E-state index in [1.54, 1.807) is 23.5 Å². The van der Waals surface area contributed by atoms with Crippen LogP contribution < -0.4 is 5.32 Å². The molecule has 5 nitrogen and oxygen atoms in total. The fraction of sp³-hybridized carbons (Fsp3) is 0.350. The highest BCUT2D eigenvalue weighted by molar-refractivity contribution is 9.10. The number of amides is 1. The highest BCUT2D eigenvalue weighted by Crippen LogP contribution is 2.33. The van der Waals surface area contributed by atoms with Crippen LogP contribution in [0.5, 0.6) is 0 Å². The Labute approximate surface area is 192 Å². The Morgan fingerprint density at radius 1 is 1.34 bits per heavy atom. The lowest BCUT2D eigenvalue weighted by Gasteiger charge is -2.10. The van der Waals surface area contributed by atoms with E-state index in [2.05, 4.69) is 62.2 Å². The molecule has 1 amide bonds. The van der Waals surface area contributed by atoms with Gasteiger partial charge in [0, 0.05) is 26.8 Å². The minimum absolute atomic E-state index is 0.132. The van der Waals surface area contributed by atoms with Crippen LogP contribution in [0.2, 0.25) is 5.02 Å². The summed E-state index contributed by atoms with van der Waals surface area (Å²) in [5, 5.41) is 15.1. The third kappa shape index (κ3) is 5.23. The predicted octanol–water partition coefficient (Wildman–Crippen LogP) is 6.43. The average Bonchev–Trinajstić information content (AvgIpc) is 3.25. The van der Waals surface area contributed by atoms with Crippen molar-refractivity contribution in [2.75, 3.05) is 11.1 Å². The Kier molecular flexibility index (Phi) is 7.79. The van der Waals surface area contributed by atoms with Gasteiger partial charge in [0.2, 0.25) is 5.91 Å². The van der Waals surface area contributed by atoms with Crippen LogP contribution in [0.15, 0.2) is 33.2 Å². The Balaban J connectivity index is 1.75. The molecular formula is C20H22BrClN4OS2. The number of anilines is 1. The molecule has 0 saturated heterocycles. The van der Waals surface area contributed by atoms with Gasteiger partial charge in [-0.2, -0.15) is 0 Å². The lowest BCUT2D eigenvalue weighted by molar-refractivity contribution is -0.113. The third-order valence-corrected chi connectivity index (χ3v) is 7.13. The molecule has 0 spiro atoms. The Hall–Kier alpha value is -1.35. The first-order valence-corrected chi connectivity index (χ1v) is 12.4. The number of halogens is 2. The molecule has 0 bridgehead atoms. The first-order valence-electron chi connectivity index (χ1n) is 9.32. The van der Waals surface area contributed by atoms with Crippen molar-refractivity contribution in [2.24, 2.45) is 0 Å². The van der Waals surface area contributed by atoms with E-state index in [1.807, 2.05) is 6.07 Å². The molecule has 0 radical (unpaired) electrons. The molecule has 0 fully saturated rings. The van der Waals surface area contributed by atoms with Crippen LogP contribution >= 0.6 is 50.6 Å². The van der Waals surface area contributed by atoms with Gasteiger partial charge in [0.05, 0.1) is 16.5 Å². The van der Waals surface area contributed by atoms with Crippen LogP contribution in [0.25, 0.3) is 11.4 Å². The number of rotatable bonds is 8. The van der Waals surface area contributed by atoms with Crippen LogP contribution in [0.4, 0.5) is 5.69 Å². The molecule has 1 N–H and O–H groups in total. The molecule has 1 aromatic carbocycles. The molecule has 154 valence electrons. The number of aryl methyl sites for hydroxylation is 1. The Morgan fingerprint density at radius 3 is 2.83 bits per heavy atom. The summed E-state index contributed by atoms with van der Waals surface area (Å²) in [6, 6.07) is 5.37. The summed E-state index contributed by atoms with van der Waals surface area (Å²) >= 11 is 12.7. The van der Waals surface area contributed by atoms with Crippen molar-refractivity contribution in [3.05, 3.63) is 43.5 Å². The molecule has 0 atom stereocenters. The maximum absolute atomic E-state index is 12.4.